The Morgan fingerprint density at radius 1 is 1.12 bits per heavy atom. The fraction of sp³-hybridized carbons (Fsp3) is 0. The van der Waals surface area contributed by atoms with Gasteiger partial charge in [-0.15, -0.1) is 12.4 Å². The number of benzene rings is 1. The van der Waals surface area contributed by atoms with E-state index in [2.05, 4.69) is 9.36 Å². The number of halogens is 4. The molecular formula is C8H5ClF3N3S. The maximum absolute atomic E-state index is 12.8. The van der Waals surface area contributed by atoms with E-state index >= 15 is 0 Å². The van der Waals surface area contributed by atoms with Crippen LogP contribution in [0.4, 0.5) is 18.3 Å². The molecule has 1 aromatic heterocycles. The minimum atomic E-state index is -1.51. The van der Waals surface area contributed by atoms with E-state index in [0.29, 0.717) is 0 Å². The molecule has 2 N–H and O–H groups in total. The molecule has 1 heterocycles. The highest BCUT2D eigenvalue weighted by Gasteiger charge is 2.13. The van der Waals surface area contributed by atoms with Crippen LogP contribution >= 0.6 is 23.9 Å². The van der Waals surface area contributed by atoms with Crippen LogP contribution in [0.5, 0.6) is 0 Å². The molecule has 16 heavy (non-hydrogen) atoms. The molecule has 0 fully saturated rings. The van der Waals surface area contributed by atoms with Crippen LogP contribution in [0.3, 0.4) is 0 Å². The van der Waals surface area contributed by atoms with Gasteiger partial charge in [-0.25, -0.2) is 13.2 Å². The third kappa shape index (κ3) is 2.25. The molecular weight excluding hydrogens is 263 g/mol. The Morgan fingerprint density at radius 3 is 2.12 bits per heavy atom. The van der Waals surface area contributed by atoms with Gasteiger partial charge in [-0.05, 0) is 12.1 Å². The van der Waals surface area contributed by atoms with E-state index in [9.17, 15) is 13.2 Å². The van der Waals surface area contributed by atoms with Gasteiger partial charge in [0.25, 0.3) is 0 Å². The van der Waals surface area contributed by atoms with Crippen LogP contribution in [0.25, 0.3) is 11.4 Å². The normalized spacial score (nSPS) is 9.94. The van der Waals surface area contributed by atoms with Gasteiger partial charge in [0.2, 0.25) is 0 Å². The number of rotatable bonds is 1. The van der Waals surface area contributed by atoms with Gasteiger partial charge in [0, 0.05) is 17.1 Å². The number of nitrogens with two attached hydrogens (primary N) is 1. The van der Waals surface area contributed by atoms with Crippen molar-refractivity contribution in [1.29, 1.82) is 0 Å². The summed E-state index contributed by atoms with van der Waals surface area (Å²) in [6.07, 6.45) is 0. The van der Waals surface area contributed by atoms with Gasteiger partial charge in [-0.3, -0.25) is 0 Å². The molecule has 3 nitrogen and oxygen atoms in total. The van der Waals surface area contributed by atoms with Crippen molar-refractivity contribution in [3.8, 4) is 11.4 Å². The first-order chi connectivity index (χ1) is 7.08. The number of nitrogens with zero attached hydrogens (tertiary/aromatic N) is 2. The SMILES string of the molecule is Cl.Nc1nc(-c2cc(F)c(F)c(F)c2)ns1. The summed E-state index contributed by atoms with van der Waals surface area (Å²) >= 11 is 0.893. The molecule has 0 amide bonds. The predicted octanol–water partition coefficient (Wildman–Crippen LogP) is 2.63. The first kappa shape index (κ1) is 12.7. The Balaban J connectivity index is 0.00000128. The quantitative estimate of drug-likeness (QED) is 0.808. The van der Waals surface area contributed by atoms with Gasteiger partial charge in [0.05, 0.1) is 0 Å². The van der Waals surface area contributed by atoms with E-state index in [0.717, 1.165) is 23.7 Å². The van der Waals surface area contributed by atoms with E-state index in [4.69, 9.17) is 5.73 Å². The average Bonchev–Trinajstić information content (AvgIpc) is 2.60. The Bertz CT molecular complexity index is 494. The molecule has 0 saturated carbocycles. The number of aromatic nitrogens is 2. The van der Waals surface area contributed by atoms with Gasteiger partial charge in [0.1, 0.15) is 0 Å². The molecule has 8 heteroatoms. The maximum Gasteiger partial charge on any atom is 0.200 e. The maximum atomic E-state index is 12.8. The highest BCUT2D eigenvalue weighted by atomic mass is 35.5. The standard InChI is InChI=1S/C8H4F3N3S.ClH/c9-4-1-3(2-5(10)6(4)11)7-13-8(12)15-14-7;/h1-2H,(H2,12,13,14);1H. The third-order valence-corrected chi connectivity index (χ3v) is 2.23. The smallest absolute Gasteiger partial charge is 0.200 e. The zero-order chi connectivity index (χ0) is 11.0. The lowest BCUT2D eigenvalue weighted by atomic mass is 10.2. The highest BCUT2D eigenvalue weighted by Crippen LogP contribution is 2.23. The van der Waals surface area contributed by atoms with E-state index in [1.165, 1.54) is 0 Å². The van der Waals surface area contributed by atoms with Crippen molar-refractivity contribution in [2.45, 2.75) is 0 Å². The van der Waals surface area contributed by atoms with Crippen molar-refractivity contribution in [2.75, 3.05) is 5.73 Å². The van der Waals surface area contributed by atoms with E-state index in [-0.39, 0.29) is 28.9 Å². The zero-order valence-corrected chi connectivity index (χ0v) is 9.21. The van der Waals surface area contributed by atoms with Crippen LogP contribution < -0.4 is 5.73 Å². The topological polar surface area (TPSA) is 51.8 Å². The monoisotopic (exact) mass is 267 g/mol. The zero-order valence-electron chi connectivity index (χ0n) is 7.58. The summed E-state index contributed by atoms with van der Waals surface area (Å²) < 4.78 is 42.0. The van der Waals surface area contributed by atoms with Crippen LogP contribution in [0.1, 0.15) is 0 Å². The number of hydrogen-bond acceptors (Lipinski definition) is 4. The summed E-state index contributed by atoms with van der Waals surface area (Å²) in [6, 6.07) is 1.64. The molecule has 0 radical (unpaired) electrons. The first-order valence-electron chi connectivity index (χ1n) is 3.82. The largest absolute Gasteiger partial charge is 0.374 e. The van der Waals surface area contributed by atoms with Crippen LogP contribution in [0.15, 0.2) is 12.1 Å². The number of hydrogen-bond donors (Lipinski definition) is 1. The summed E-state index contributed by atoms with van der Waals surface area (Å²) in [5.41, 5.74) is 5.36. The van der Waals surface area contributed by atoms with Crippen molar-refractivity contribution in [1.82, 2.24) is 9.36 Å². The molecule has 0 bridgehead atoms. The number of nitrogen functional groups attached to an aromatic ring is 1. The van der Waals surface area contributed by atoms with Crippen molar-refractivity contribution in [3.05, 3.63) is 29.6 Å². The third-order valence-electron chi connectivity index (χ3n) is 1.68. The van der Waals surface area contributed by atoms with E-state index in [1.54, 1.807) is 0 Å². The van der Waals surface area contributed by atoms with Crippen LogP contribution in [0, 0.1) is 17.5 Å². The second kappa shape index (κ2) is 4.67. The molecule has 2 rings (SSSR count). The predicted molar refractivity (Wildman–Crippen MR) is 56.9 cm³/mol. The van der Waals surface area contributed by atoms with Gasteiger partial charge in [0.15, 0.2) is 28.4 Å². The van der Waals surface area contributed by atoms with Crippen molar-refractivity contribution >= 4 is 29.1 Å². The fourth-order valence-corrected chi connectivity index (χ4v) is 1.49. The van der Waals surface area contributed by atoms with Crippen molar-refractivity contribution in [3.63, 3.8) is 0 Å². The highest BCUT2D eigenvalue weighted by molar-refractivity contribution is 7.09. The Kier molecular flexibility index (Phi) is 3.71. The van der Waals surface area contributed by atoms with E-state index < -0.39 is 17.5 Å². The van der Waals surface area contributed by atoms with Gasteiger partial charge in [-0.2, -0.15) is 9.36 Å². The second-order valence-corrected chi connectivity index (χ2v) is 3.49. The molecule has 86 valence electrons. The molecule has 1 aromatic carbocycles. The minimum Gasteiger partial charge on any atom is -0.374 e. The minimum absolute atomic E-state index is 0. The first-order valence-corrected chi connectivity index (χ1v) is 4.59. The molecule has 0 spiro atoms. The fourth-order valence-electron chi connectivity index (χ4n) is 1.04. The van der Waals surface area contributed by atoms with Gasteiger partial charge >= 0.3 is 0 Å². The Morgan fingerprint density at radius 2 is 1.69 bits per heavy atom. The Hall–Kier alpha value is -1.34. The summed E-state index contributed by atoms with van der Waals surface area (Å²) in [7, 11) is 0. The summed E-state index contributed by atoms with van der Waals surface area (Å²) in [4.78, 5) is 3.72. The average molecular weight is 268 g/mol. The molecule has 0 atom stereocenters. The lowest BCUT2D eigenvalue weighted by Gasteiger charge is -1.98. The summed E-state index contributed by atoms with van der Waals surface area (Å²) in [5.74, 6) is -3.99. The Labute approximate surface area is 98.7 Å². The molecule has 2 aromatic rings. The molecule has 0 aliphatic carbocycles. The van der Waals surface area contributed by atoms with Crippen LogP contribution in [-0.4, -0.2) is 9.36 Å². The van der Waals surface area contributed by atoms with Gasteiger partial charge in [-0.1, -0.05) is 0 Å². The summed E-state index contributed by atoms with van der Waals surface area (Å²) in [5, 5.41) is 0.176. The number of anilines is 1. The molecule has 0 aliphatic rings. The second-order valence-electron chi connectivity index (χ2n) is 2.71. The molecule has 0 aliphatic heterocycles. The van der Waals surface area contributed by atoms with Gasteiger partial charge < -0.3 is 5.73 Å². The lowest BCUT2D eigenvalue weighted by Crippen LogP contribution is -1.93. The van der Waals surface area contributed by atoms with Crippen LogP contribution in [-0.2, 0) is 0 Å². The van der Waals surface area contributed by atoms with Crippen LogP contribution in [0.2, 0.25) is 0 Å². The lowest BCUT2D eigenvalue weighted by molar-refractivity contribution is 0.447. The molecule has 0 unspecified atom stereocenters. The molecule has 0 saturated heterocycles. The van der Waals surface area contributed by atoms with Crippen molar-refractivity contribution in [2.24, 2.45) is 0 Å². The van der Waals surface area contributed by atoms with E-state index in [1.807, 2.05) is 0 Å². The van der Waals surface area contributed by atoms with Crippen molar-refractivity contribution < 1.29 is 13.2 Å². The summed E-state index contributed by atoms with van der Waals surface area (Å²) in [6.45, 7) is 0.